The van der Waals surface area contributed by atoms with E-state index < -0.39 is 26.7 Å². The van der Waals surface area contributed by atoms with Crippen molar-refractivity contribution in [1.29, 1.82) is 0 Å². The molecule has 3 N–H and O–H groups in total. The van der Waals surface area contributed by atoms with Crippen molar-refractivity contribution in [3.05, 3.63) is 101 Å². The number of rotatable bonds is 8. The Morgan fingerprint density at radius 3 is 2.21 bits per heavy atom. The molecular formula is C32H32BrF3N3O2Si. The second kappa shape index (κ2) is 12.8. The van der Waals surface area contributed by atoms with Crippen LogP contribution in [-0.2, 0) is 10.6 Å². The number of carbonyl (C=O) groups excluding carboxylic acids is 1. The Balaban J connectivity index is 1.52. The highest BCUT2D eigenvalue weighted by atomic mass is 79.9. The highest BCUT2D eigenvalue weighted by molar-refractivity contribution is 9.10. The van der Waals surface area contributed by atoms with Crippen molar-refractivity contribution in [2.75, 3.05) is 12.3 Å². The normalized spacial score (nSPS) is 12.8. The molecule has 0 bridgehead atoms. The van der Waals surface area contributed by atoms with E-state index in [0.29, 0.717) is 11.3 Å². The molecular weight excluding hydrogens is 623 g/mol. The van der Waals surface area contributed by atoms with Crippen LogP contribution in [0.1, 0.15) is 43.6 Å². The number of anilines is 1. The third kappa shape index (κ3) is 7.48. The summed E-state index contributed by atoms with van der Waals surface area (Å²) in [5.41, 5.74) is 8.68. The largest absolute Gasteiger partial charge is 0.416 e. The summed E-state index contributed by atoms with van der Waals surface area (Å²) in [6.07, 6.45) is -4.45. The molecule has 0 aliphatic heterocycles. The molecule has 1 aromatic heterocycles. The van der Waals surface area contributed by atoms with Crippen LogP contribution in [0, 0.1) is 0 Å². The van der Waals surface area contributed by atoms with Gasteiger partial charge < -0.3 is 15.5 Å². The third-order valence-corrected chi connectivity index (χ3v) is 9.91. The zero-order valence-corrected chi connectivity index (χ0v) is 26.3. The number of halogens is 4. The van der Waals surface area contributed by atoms with Crippen LogP contribution in [0.3, 0.4) is 0 Å². The van der Waals surface area contributed by atoms with Crippen molar-refractivity contribution in [3.63, 3.8) is 0 Å². The zero-order chi connectivity index (χ0) is 30.7. The van der Waals surface area contributed by atoms with E-state index in [1.807, 2.05) is 37.3 Å². The fraction of sp³-hybridized carbons (Fsp3) is 0.250. The van der Waals surface area contributed by atoms with Gasteiger partial charge in [-0.05, 0) is 62.4 Å². The lowest BCUT2D eigenvalue weighted by molar-refractivity contribution is -0.137. The smallest absolute Gasteiger partial charge is 0.409 e. The first kappa shape index (κ1) is 31.5. The predicted octanol–water partition coefficient (Wildman–Crippen LogP) is 7.61. The highest BCUT2D eigenvalue weighted by Gasteiger charge is 2.34. The SMILES string of the molecule is CC(CO[Si](c1ccccc1-c1ccccc1)C(C)(C)C)NC(=O)c1cc(-c2ccc(C(F)(F)F)cc2)nc(Br)c1N. The molecule has 5 nitrogen and oxygen atoms in total. The minimum Gasteiger partial charge on any atom is -0.409 e. The number of nitrogens with one attached hydrogen (secondary N) is 1. The number of benzene rings is 3. The molecule has 0 aliphatic rings. The molecule has 4 aromatic rings. The average molecular weight is 656 g/mol. The summed E-state index contributed by atoms with van der Waals surface area (Å²) in [7, 11) is -1.55. The molecule has 1 radical (unpaired) electrons. The van der Waals surface area contributed by atoms with Gasteiger partial charge >= 0.3 is 6.18 Å². The van der Waals surface area contributed by atoms with E-state index >= 15 is 0 Å². The first-order valence-electron chi connectivity index (χ1n) is 13.3. The van der Waals surface area contributed by atoms with Crippen LogP contribution < -0.4 is 16.2 Å². The van der Waals surface area contributed by atoms with E-state index in [0.717, 1.165) is 28.4 Å². The molecule has 1 amide bonds. The van der Waals surface area contributed by atoms with E-state index in [1.54, 1.807) is 0 Å². The molecule has 1 heterocycles. The Hall–Kier alpha value is -3.47. The molecule has 0 saturated heterocycles. The van der Waals surface area contributed by atoms with E-state index in [2.05, 4.69) is 71.3 Å². The average Bonchev–Trinajstić information content (AvgIpc) is 2.94. The summed E-state index contributed by atoms with van der Waals surface area (Å²) >= 11 is 3.28. The molecule has 1 unspecified atom stereocenters. The van der Waals surface area contributed by atoms with Crippen LogP contribution in [0.5, 0.6) is 0 Å². The monoisotopic (exact) mass is 654 g/mol. The number of carbonyl (C=O) groups is 1. The van der Waals surface area contributed by atoms with Crippen molar-refractivity contribution in [3.8, 4) is 22.4 Å². The van der Waals surface area contributed by atoms with Gasteiger partial charge in [-0.1, -0.05) is 87.5 Å². The number of pyridine rings is 1. The van der Waals surface area contributed by atoms with Gasteiger partial charge in [0.2, 0.25) is 0 Å². The topological polar surface area (TPSA) is 77.2 Å². The minimum atomic E-state index is -4.45. The van der Waals surface area contributed by atoms with Crippen molar-refractivity contribution in [2.24, 2.45) is 0 Å². The zero-order valence-electron chi connectivity index (χ0n) is 23.7. The van der Waals surface area contributed by atoms with Crippen molar-refractivity contribution < 1.29 is 22.4 Å². The first-order chi connectivity index (χ1) is 19.8. The van der Waals surface area contributed by atoms with Gasteiger partial charge in [-0.2, -0.15) is 13.2 Å². The van der Waals surface area contributed by atoms with Gasteiger partial charge in [0, 0.05) is 11.6 Å². The Kier molecular flexibility index (Phi) is 9.59. The number of hydrogen-bond acceptors (Lipinski definition) is 4. The number of nitrogens with two attached hydrogens (primary N) is 1. The summed E-state index contributed by atoms with van der Waals surface area (Å²) in [6.45, 7) is 8.60. The van der Waals surface area contributed by atoms with Crippen molar-refractivity contribution >= 4 is 41.8 Å². The summed E-state index contributed by atoms with van der Waals surface area (Å²) in [5, 5.41) is 3.96. The number of amides is 1. The maximum Gasteiger partial charge on any atom is 0.416 e. The van der Waals surface area contributed by atoms with Crippen LogP contribution in [0.15, 0.2) is 89.5 Å². The first-order valence-corrected chi connectivity index (χ1v) is 15.6. The number of nitrogens with zero attached hydrogens (tertiary/aromatic N) is 1. The number of alkyl halides is 3. The van der Waals surface area contributed by atoms with E-state index in [4.69, 9.17) is 10.2 Å². The molecule has 0 saturated carbocycles. The predicted molar refractivity (Wildman–Crippen MR) is 167 cm³/mol. The summed E-state index contributed by atoms with van der Waals surface area (Å²) in [4.78, 5) is 17.6. The maximum atomic E-state index is 13.3. The van der Waals surface area contributed by atoms with Crippen molar-refractivity contribution in [2.45, 2.75) is 45.0 Å². The molecule has 219 valence electrons. The standard InChI is InChI=1S/C32H32BrF3N3O2Si/c1-20(19-41-42(31(2,3)4)27-13-9-8-12-24(27)21-10-6-5-7-11-21)38-30(40)25-18-26(39-29(33)28(25)37)22-14-16-23(17-15-22)32(34,35)36/h5-18,20H,19,37H2,1-4H3,(H,38,40). The van der Waals surface area contributed by atoms with Crippen LogP contribution in [0.2, 0.25) is 5.04 Å². The van der Waals surface area contributed by atoms with Gasteiger partial charge in [-0.25, -0.2) is 4.98 Å². The van der Waals surface area contributed by atoms with Gasteiger partial charge in [0.15, 0.2) is 0 Å². The maximum absolute atomic E-state index is 13.3. The second-order valence-corrected chi connectivity index (χ2v) is 14.7. The van der Waals surface area contributed by atoms with Gasteiger partial charge in [-0.15, -0.1) is 0 Å². The van der Waals surface area contributed by atoms with Crippen LogP contribution in [0.4, 0.5) is 18.9 Å². The van der Waals surface area contributed by atoms with E-state index in [-0.39, 0.29) is 33.5 Å². The van der Waals surface area contributed by atoms with Crippen LogP contribution >= 0.6 is 15.9 Å². The molecule has 3 aromatic carbocycles. The summed E-state index contributed by atoms with van der Waals surface area (Å²) in [5.74, 6) is -0.436. The molecule has 0 aliphatic carbocycles. The van der Waals surface area contributed by atoms with Gasteiger partial charge in [0.1, 0.15) is 4.60 Å². The highest BCUT2D eigenvalue weighted by Crippen LogP contribution is 2.33. The Morgan fingerprint density at radius 1 is 0.976 bits per heavy atom. The Bertz CT molecular complexity index is 1540. The van der Waals surface area contributed by atoms with E-state index in [1.165, 1.54) is 18.2 Å². The van der Waals surface area contributed by atoms with Crippen LogP contribution in [0.25, 0.3) is 22.4 Å². The van der Waals surface area contributed by atoms with Crippen LogP contribution in [-0.4, -0.2) is 32.6 Å². The molecule has 4 rings (SSSR count). The molecule has 0 fully saturated rings. The Labute approximate surface area is 254 Å². The number of aromatic nitrogens is 1. The summed E-state index contributed by atoms with van der Waals surface area (Å²) in [6, 6.07) is 24.1. The third-order valence-electron chi connectivity index (χ3n) is 6.56. The Morgan fingerprint density at radius 2 is 1.60 bits per heavy atom. The molecule has 10 heteroatoms. The lowest BCUT2D eigenvalue weighted by atomic mass is 10.1. The van der Waals surface area contributed by atoms with Crippen molar-refractivity contribution in [1.82, 2.24) is 10.3 Å². The molecule has 0 spiro atoms. The van der Waals surface area contributed by atoms with Gasteiger partial charge in [-0.3, -0.25) is 4.79 Å². The number of hydrogen-bond donors (Lipinski definition) is 2. The molecule has 42 heavy (non-hydrogen) atoms. The second-order valence-electron chi connectivity index (χ2n) is 11.0. The van der Waals surface area contributed by atoms with Gasteiger partial charge in [0.05, 0.1) is 29.1 Å². The number of nitrogen functional groups attached to an aromatic ring is 1. The summed E-state index contributed by atoms with van der Waals surface area (Å²) < 4.78 is 45.8. The lowest BCUT2D eigenvalue weighted by Gasteiger charge is -2.31. The lowest BCUT2D eigenvalue weighted by Crippen LogP contribution is -2.46. The molecule has 1 atom stereocenters. The van der Waals surface area contributed by atoms with E-state index in [9.17, 15) is 18.0 Å². The fourth-order valence-corrected chi connectivity index (χ4v) is 7.43. The van der Waals surface area contributed by atoms with Gasteiger partial charge in [0.25, 0.3) is 14.9 Å². The fourth-order valence-electron chi connectivity index (χ4n) is 4.49. The minimum absolute atomic E-state index is 0.132. The quantitative estimate of drug-likeness (QED) is 0.151.